The highest BCUT2D eigenvalue weighted by atomic mass is 19.1. The van der Waals surface area contributed by atoms with E-state index in [0.717, 1.165) is 108 Å². The fraction of sp³-hybridized carbons (Fsp3) is 0.622. The zero-order valence-corrected chi connectivity index (χ0v) is 28.8. The van der Waals surface area contributed by atoms with Crippen LogP contribution in [0.15, 0.2) is 64.8 Å². The van der Waals surface area contributed by atoms with E-state index < -0.39 is 0 Å². The van der Waals surface area contributed by atoms with Crippen LogP contribution in [0.4, 0.5) is 15.9 Å². The number of morpholine rings is 1. The first-order chi connectivity index (χ1) is 21.7. The van der Waals surface area contributed by atoms with Gasteiger partial charge in [-0.15, -0.1) is 0 Å². The number of hydrogen-bond acceptors (Lipinski definition) is 6. The lowest BCUT2D eigenvalue weighted by molar-refractivity contribution is -0.115. The lowest BCUT2D eigenvalue weighted by Crippen LogP contribution is -2.49. The highest BCUT2D eigenvalue weighted by Gasteiger charge is 2.28. The summed E-state index contributed by atoms with van der Waals surface area (Å²) in [5.41, 5.74) is 5.53. The number of rotatable bonds is 12. The second-order valence-corrected chi connectivity index (χ2v) is 13.1. The molecule has 0 bridgehead atoms. The summed E-state index contributed by atoms with van der Waals surface area (Å²) in [6.07, 6.45) is 15.1. The molecule has 1 aromatic rings. The number of nitrogens with one attached hydrogen (secondary N) is 1. The van der Waals surface area contributed by atoms with Crippen LogP contribution in [0.1, 0.15) is 85.5 Å². The van der Waals surface area contributed by atoms with E-state index in [9.17, 15) is 4.79 Å². The van der Waals surface area contributed by atoms with Gasteiger partial charge in [-0.25, -0.2) is 9.37 Å². The number of amides is 1. The quantitative estimate of drug-likeness (QED) is 0.145. The average Bonchev–Trinajstić information content (AvgIpc) is 3.58. The molecular weight excluding hydrogens is 565 g/mol. The molecule has 1 saturated carbocycles. The minimum atomic E-state index is -0.260. The third kappa shape index (κ3) is 11.1. The molecule has 3 fully saturated rings. The molecule has 0 atom stereocenters. The number of anilines is 2. The lowest BCUT2D eigenvalue weighted by Gasteiger charge is -2.40. The van der Waals surface area contributed by atoms with Crippen molar-refractivity contribution in [2.45, 2.75) is 91.5 Å². The van der Waals surface area contributed by atoms with Crippen LogP contribution in [0.2, 0.25) is 0 Å². The summed E-state index contributed by atoms with van der Waals surface area (Å²) in [5, 5.41) is 3.18. The van der Waals surface area contributed by atoms with Gasteiger partial charge in [0.1, 0.15) is 5.82 Å². The molecule has 0 spiro atoms. The molecule has 2 aliphatic heterocycles. The zero-order valence-electron chi connectivity index (χ0n) is 28.8. The van der Waals surface area contributed by atoms with E-state index in [2.05, 4.69) is 66.5 Å². The van der Waals surface area contributed by atoms with E-state index in [0.29, 0.717) is 17.8 Å². The second kappa shape index (κ2) is 18.9. The summed E-state index contributed by atoms with van der Waals surface area (Å²) in [6, 6.07) is 4.69. The van der Waals surface area contributed by atoms with Crippen molar-refractivity contribution in [2.24, 2.45) is 5.92 Å². The second-order valence-electron chi connectivity index (χ2n) is 13.1. The van der Waals surface area contributed by atoms with Gasteiger partial charge in [0.05, 0.1) is 30.8 Å². The molecule has 8 heteroatoms. The predicted octanol–water partition coefficient (Wildman–Crippen LogP) is 7.90. The standard InChI is InChI=1S/C34H51FN4O.C3H7NO/c1-6-7-8-11-26(4)33(32(25(2)3)28-12-9-10-13-28)34(35)27(5)37-31-15-14-30(24-36-31)38-18-16-29(17-19-38)39-20-22-40-23-21-39;1-4(2)3-5/h11,14-15,24,28-29H,5-10,12-13,16-23H2,1-4H3,(H,36,37);3H,1-2H3/b26-11-,34-33-;. The van der Waals surface area contributed by atoms with Crippen molar-refractivity contribution < 1.29 is 13.9 Å². The molecule has 1 amide bonds. The molecule has 45 heavy (non-hydrogen) atoms. The van der Waals surface area contributed by atoms with Crippen LogP contribution in [0.5, 0.6) is 0 Å². The van der Waals surface area contributed by atoms with Gasteiger partial charge in [-0.3, -0.25) is 9.69 Å². The molecule has 3 heterocycles. The van der Waals surface area contributed by atoms with Gasteiger partial charge in [-0.1, -0.05) is 50.8 Å². The Balaban J connectivity index is 0.00000102. The Kier molecular flexibility index (Phi) is 15.3. The van der Waals surface area contributed by atoms with Gasteiger partial charge in [0.15, 0.2) is 5.83 Å². The number of hydrogen-bond donors (Lipinski definition) is 1. The molecule has 250 valence electrons. The van der Waals surface area contributed by atoms with Gasteiger partial charge in [0.25, 0.3) is 0 Å². The van der Waals surface area contributed by atoms with Crippen molar-refractivity contribution in [3.63, 3.8) is 0 Å². The molecule has 2 saturated heterocycles. The van der Waals surface area contributed by atoms with Crippen LogP contribution in [-0.4, -0.2) is 80.7 Å². The van der Waals surface area contributed by atoms with Crippen LogP contribution >= 0.6 is 0 Å². The Labute approximate surface area is 272 Å². The average molecular weight is 624 g/mol. The number of unbranched alkanes of at least 4 members (excludes halogenated alkanes) is 2. The third-order valence-corrected chi connectivity index (χ3v) is 9.09. The Hall–Kier alpha value is -2.97. The number of pyridine rings is 1. The van der Waals surface area contributed by atoms with Crippen molar-refractivity contribution >= 4 is 17.9 Å². The Morgan fingerprint density at radius 2 is 1.73 bits per heavy atom. The number of halogens is 1. The molecule has 0 unspecified atom stereocenters. The normalized spacial score (nSPS) is 18.9. The smallest absolute Gasteiger partial charge is 0.209 e. The number of aromatic nitrogens is 1. The first-order valence-electron chi connectivity index (χ1n) is 17.0. The molecule has 0 radical (unpaired) electrons. The van der Waals surface area contributed by atoms with E-state index >= 15 is 4.39 Å². The summed E-state index contributed by atoms with van der Waals surface area (Å²) in [6.45, 7) is 18.5. The van der Waals surface area contributed by atoms with E-state index in [1.165, 1.54) is 28.9 Å². The highest BCUT2D eigenvalue weighted by Crippen LogP contribution is 2.41. The predicted molar refractivity (Wildman–Crippen MR) is 186 cm³/mol. The fourth-order valence-corrected chi connectivity index (χ4v) is 6.64. The number of allylic oxidation sites excluding steroid dienone is 6. The van der Waals surface area contributed by atoms with Crippen LogP contribution in [0, 0.1) is 5.92 Å². The van der Waals surface area contributed by atoms with Crippen molar-refractivity contribution in [2.75, 3.05) is 63.7 Å². The summed E-state index contributed by atoms with van der Waals surface area (Å²) >= 11 is 0. The first-order valence-corrected chi connectivity index (χ1v) is 17.0. The zero-order chi connectivity index (χ0) is 32.8. The molecule has 0 aromatic carbocycles. The summed E-state index contributed by atoms with van der Waals surface area (Å²) in [7, 11) is 3.38. The van der Waals surface area contributed by atoms with E-state index in [1.807, 2.05) is 12.3 Å². The Morgan fingerprint density at radius 3 is 2.27 bits per heavy atom. The minimum Gasteiger partial charge on any atom is -0.379 e. The molecule has 7 nitrogen and oxygen atoms in total. The molecule has 3 aliphatic rings. The van der Waals surface area contributed by atoms with Gasteiger partial charge >= 0.3 is 0 Å². The van der Waals surface area contributed by atoms with Gasteiger partial charge < -0.3 is 19.9 Å². The third-order valence-electron chi connectivity index (χ3n) is 9.09. The van der Waals surface area contributed by atoms with Crippen LogP contribution in [-0.2, 0) is 9.53 Å². The van der Waals surface area contributed by atoms with Crippen LogP contribution in [0.3, 0.4) is 0 Å². The van der Waals surface area contributed by atoms with Crippen molar-refractivity contribution in [1.29, 1.82) is 0 Å². The van der Waals surface area contributed by atoms with Gasteiger partial charge in [0.2, 0.25) is 6.41 Å². The maximum Gasteiger partial charge on any atom is 0.209 e. The molecule has 1 aliphatic carbocycles. The van der Waals surface area contributed by atoms with Gasteiger partial charge in [0, 0.05) is 51.9 Å². The van der Waals surface area contributed by atoms with Crippen LogP contribution < -0.4 is 10.2 Å². The maximum absolute atomic E-state index is 16.3. The number of piperidine rings is 1. The number of ether oxygens (including phenoxy) is 1. The van der Waals surface area contributed by atoms with E-state index in [1.54, 1.807) is 14.1 Å². The topological polar surface area (TPSA) is 60.9 Å². The van der Waals surface area contributed by atoms with Crippen molar-refractivity contribution in [3.8, 4) is 0 Å². The molecule has 4 rings (SSSR count). The van der Waals surface area contributed by atoms with Gasteiger partial charge in [-0.05, 0) is 82.1 Å². The number of nitrogens with zero attached hydrogens (tertiary/aromatic N) is 4. The van der Waals surface area contributed by atoms with Crippen molar-refractivity contribution in [1.82, 2.24) is 14.8 Å². The summed E-state index contributed by atoms with van der Waals surface area (Å²) < 4.78 is 21.8. The number of carbonyl (C=O) groups excluding carboxylic acids is 1. The first kappa shape index (κ1) is 36.5. The van der Waals surface area contributed by atoms with E-state index in [4.69, 9.17) is 4.74 Å². The SMILES string of the molecule is C=C(Nc1ccc(N2CCC(N3CCOCC3)CC2)cn1)/C(F)=C(C(=C(C)C)C1CCCC1)\C(C)=C/CCCC.CN(C)C=O. The Morgan fingerprint density at radius 1 is 1.09 bits per heavy atom. The molecule has 1 N–H and O–H groups in total. The summed E-state index contributed by atoms with van der Waals surface area (Å²) in [4.78, 5) is 20.5. The Bertz CT molecular complexity index is 1170. The van der Waals surface area contributed by atoms with Crippen LogP contribution in [0.25, 0.3) is 0 Å². The minimum absolute atomic E-state index is 0.260. The number of carbonyl (C=O) groups is 1. The lowest BCUT2D eigenvalue weighted by atomic mass is 9.83. The van der Waals surface area contributed by atoms with Gasteiger partial charge in [-0.2, -0.15) is 0 Å². The van der Waals surface area contributed by atoms with Crippen molar-refractivity contribution in [3.05, 3.63) is 64.8 Å². The fourth-order valence-electron chi connectivity index (χ4n) is 6.64. The van der Waals surface area contributed by atoms with E-state index in [-0.39, 0.29) is 11.5 Å². The highest BCUT2D eigenvalue weighted by molar-refractivity contribution is 5.58. The maximum atomic E-state index is 16.3. The summed E-state index contributed by atoms with van der Waals surface area (Å²) in [5.74, 6) is 0.779. The molecular formula is C37H58FN5O2. The molecule has 1 aromatic heterocycles. The monoisotopic (exact) mass is 623 g/mol. The largest absolute Gasteiger partial charge is 0.379 e.